The third-order valence-corrected chi connectivity index (χ3v) is 5.89. The van der Waals surface area contributed by atoms with E-state index in [-0.39, 0.29) is 5.71 Å². The Kier molecular flexibility index (Phi) is 7.18. The fraction of sp³-hybridized carbons (Fsp3) is 0.0323. The van der Waals surface area contributed by atoms with Gasteiger partial charge in [0.1, 0.15) is 17.2 Å². The summed E-state index contributed by atoms with van der Waals surface area (Å²) in [6, 6.07) is 30.2. The maximum atomic E-state index is 12.9. The highest BCUT2D eigenvalue weighted by atomic mass is 16.5. The van der Waals surface area contributed by atoms with Crippen LogP contribution in [0.15, 0.2) is 116 Å². The van der Waals surface area contributed by atoms with Gasteiger partial charge in [0.15, 0.2) is 0 Å². The van der Waals surface area contributed by atoms with Gasteiger partial charge in [0.2, 0.25) is 0 Å². The number of pyridine rings is 2. The first-order valence-electron chi connectivity index (χ1n) is 12.0. The minimum Gasteiger partial charge on any atom is -0.456 e. The van der Waals surface area contributed by atoms with E-state index in [4.69, 9.17) is 15.9 Å². The number of amides is 1. The Morgan fingerprint density at radius 2 is 1.58 bits per heavy atom. The number of carbonyl (C=O) groups is 1. The Labute approximate surface area is 220 Å². The number of carbonyl (C=O) groups excluding carboxylic acids is 1. The molecule has 186 valence electrons. The molecule has 3 aromatic carbocycles. The highest BCUT2D eigenvalue weighted by Crippen LogP contribution is 2.28. The van der Waals surface area contributed by atoms with Gasteiger partial charge >= 0.3 is 0 Å². The van der Waals surface area contributed by atoms with Crippen LogP contribution in [0, 0.1) is 5.41 Å². The first kappa shape index (κ1) is 24.4. The lowest BCUT2D eigenvalue weighted by Gasteiger charge is -2.12. The lowest BCUT2D eigenvalue weighted by atomic mass is 10.00. The van der Waals surface area contributed by atoms with Gasteiger partial charge in [-0.05, 0) is 53.6 Å². The van der Waals surface area contributed by atoms with Gasteiger partial charge in [-0.3, -0.25) is 20.2 Å². The van der Waals surface area contributed by atoms with Crippen LogP contribution in [0.4, 0.5) is 11.4 Å². The molecule has 0 atom stereocenters. The molecule has 0 saturated carbocycles. The SMILES string of the molecule is N=C(C(=O)Nc1ccc(Cc2ccccc2)nc1)c1cc(-c2cncc(Oc3ccccc3)c2)ccc1N. The number of nitrogens with zero attached hydrogens (tertiary/aromatic N) is 2. The van der Waals surface area contributed by atoms with Crippen molar-refractivity contribution in [1.82, 2.24) is 9.97 Å². The molecule has 7 heteroatoms. The van der Waals surface area contributed by atoms with Crippen LogP contribution in [0.3, 0.4) is 0 Å². The van der Waals surface area contributed by atoms with E-state index in [0.717, 1.165) is 22.4 Å². The number of nitrogens with two attached hydrogens (primary N) is 1. The fourth-order valence-electron chi connectivity index (χ4n) is 3.93. The van der Waals surface area contributed by atoms with E-state index in [2.05, 4.69) is 15.3 Å². The van der Waals surface area contributed by atoms with Crippen LogP contribution >= 0.6 is 0 Å². The molecule has 2 aromatic heterocycles. The standard InChI is InChI=1S/C31H25N5O2/c32-29-14-11-22(23-16-27(20-34-18-23)38-26-9-5-2-6-10-26)17-28(29)30(33)31(37)36-25-13-12-24(35-19-25)15-21-7-3-1-4-8-21/h1-14,16-20,33H,15,32H2,(H,36,37). The predicted octanol–water partition coefficient (Wildman–Crippen LogP) is 6.12. The van der Waals surface area contributed by atoms with E-state index >= 15 is 0 Å². The van der Waals surface area contributed by atoms with Crippen LogP contribution in [0.5, 0.6) is 11.5 Å². The fourth-order valence-corrected chi connectivity index (χ4v) is 3.93. The molecule has 0 unspecified atom stereocenters. The molecule has 0 spiro atoms. The number of ether oxygens (including phenoxy) is 1. The molecule has 5 aromatic rings. The van der Waals surface area contributed by atoms with E-state index in [1.54, 1.807) is 36.8 Å². The Morgan fingerprint density at radius 3 is 2.32 bits per heavy atom. The van der Waals surface area contributed by atoms with Crippen LogP contribution < -0.4 is 15.8 Å². The van der Waals surface area contributed by atoms with Gasteiger partial charge in [0, 0.05) is 35.1 Å². The maximum absolute atomic E-state index is 12.9. The van der Waals surface area contributed by atoms with Gasteiger partial charge in [0.05, 0.1) is 18.1 Å². The van der Waals surface area contributed by atoms with Gasteiger partial charge in [-0.15, -0.1) is 0 Å². The molecule has 2 heterocycles. The van der Waals surface area contributed by atoms with Gasteiger partial charge < -0.3 is 15.8 Å². The lowest BCUT2D eigenvalue weighted by molar-refractivity contribution is -0.110. The lowest BCUT2D eigenvalue weighted by Crippen LogP contribution is -2.24. The summed E-state index contributed by atoms with van der Waals surface area (Å²) in [6.45, 7) is 0. The number of hydrogen-bond acceptors (Lipinski definition) is 6. The second-order valence-corrected chi connectivity index (χ2v) is 8.66. The van der Waals surface area contributed by atoms with Crippen molar-refractivity contribution in [2.75, 3.05) is 11.1 Å². The summed E-state index contributed by atoms with van der Waals surface area (Å²) >= 11 is 0. The molecule has 0 saturated heterocycles. The van der Waals surface area contributed by atoms with Gasteiger partial charge in [0.25, 0.3) is 5.91 Å². The maximum Gasteiger partial charge on any atom is 0.274 e. The molecule has 7 nitrogen and oxygen atoms in total. The molecular formula is C31H25N5O2. The number of anilines is 2. The Morgan fingerprint density at radius 1 is 0.816 bits per heavy atom. The Balaban J connectivity index is 1.29. The summed E-state index contributed by atoms with van der Waals surface area (Å²) in [6.07, 6.45) is 5.61. The van der Waals surface area contributed by atoms with E-state index < -0.39 is 5.91 Å². The Bertz CT molecular complexity index is 1570. The van der Waals surface area contributed by atoms with E-state index in [9.17, 15) is 4.79 Å². The van der Waals surface area contributed by atoms with Gasteiger partial charge in [-0.1, -0.05) is 54.6 Å². The van der Waals surface area contributed by atoms with Gasteiger partial charge in [-0.25, -0.2) is 0 Å². The smallest absolute Gasteiger partial charge is 0.274 e. The normalized spacial score (nSPS) is 10.5. The Hall–Kier alpha value is -5.30. The van der Waals surface area contributed by atoms with Crippen LogP contribution in [0.25, 0.3) is 11.1 Å². The average Bonchev–Trinajstić information content (AvgIpc) is 2.95. The molecule has 0 aliphatic carbocycles. The summed E-state index contributed by atoms with van der Waals surface area (Å²) in [5.74, 6) is 0.694. The number of nitrogen functional groups attached to an aromatic ring is 1. The predicted molar refractivity (Wildman–Crippen MR) is 150 cm³/mol. The topological polar surface area (TPSA) is 114 Å². The largest absolute Gasteiger partial charge is 0.456 e. The van der Waals surface area contributed by atoms with Crippen molar-refractivity contribution < 1.29 is 9.53 Å². The summed E-state index contributed by atoms with van der Waals surface area (Å²) in [5, 5.41) is 11.3. The zero-order chi connectivity index (χ0) is 26.3. The highest BCUT2D eigenvalue weighted by Gasteiger charge is 2.17. The highest BCUT2D eigenvalue weighted by molar-refractivity contribution is 6.48. The number of rotatable bonds is 8. The molecule has 4 N–H and O–H groups in total. The molecule has 0 fully saturated rings. The molecule has 0 bridgehead atoms. The van der Waals surface area contributed by atoms with Crippen molar-refractivity contribution in [1.29, 1.82) is 5.41 Å². The first-order chi connectivity index (χ1) is 18.5. The zero-order valence-electron chi connectivity index (χ0n) is 20.5. The molecule has 38 heavy (non-hydrogen) atoms. The molecular weight excluding hydrogens is 474 g/mol. The number of aromatic nitrogens is 2. The summed E-state index contributed by atoms with van der Waals surface area (Å²) < 4.78 is 5.89. The summed E-state index contributed by atoms with van der Waals surface area (Å²) in [5.41, 5.74) is 10.6. The molecule has 0 aliphatic heterocycles. The van der Waals surface area contributed by atoms with Crippen LogP contribution in [-0.4, -0.2) is 21.6 Å². The van der Waals surface area contributed by atoms with Crippen molar-refractivity contribution in [3.8, 4) is 22.6 Å². The molecule has 0 radical (unpaired) electrons. The summed E-state index contributed by atoms with van der Waals surface area (Å²) in [7, 11) is 0. The van der Waals surface area contributed by atoms with Crippen molar-refractivity contribution in [2.45, 2.75) is 6.42 Å². The number of nitrogens with one attached hydrogen (secondary N) is 2. The van der Waals surface area contributed by atoms with E-state index in [1.165, 1.54) is 0 Å². The second kappa shape index (κ2) is 11.2. The monoisotopic (exact) mass is 499 g/mol. The second-order valence-electron chi connectivity index (χ2n) is 8.66. The quantitative estimate of drug-likeness (QED) is 0.176. The molecule has 1 amide bonds. The number of hydrogen-bond donors (Lipinski definition) is 3. The third-order valence-electron chi connectivity index (χ3n) is 5.89. The van der Waals surface area contributed by atoms with Gasteiger partial charge in [-0.2, -0.15) is 0 Å². The minimum absolute atomic E-state index is 0.248. The van der Waals surface area contributed by atoms with E-state index in [1.807, 2.05) is 78.9 Å². The first-order valence-corrected chi connectivity index (χ1v) is 12.0. The summed E-state index contributed by atoms with van der Waals surface area (Å²) in [4.78, 5) is 21.6. The van der Waals surface area contributed by atoms with Crippen LogP contribution in [-0.2, 0) is 11.2 Å². The number of para-hydroxylation sites is 1. The third kappa shape index (κ3) is 5.91. The van der Waals surface area contributed by atoms with Crippen LogP contribution in [0.1, 0.15) is 16.8 Å². The molecule has 5 rings (SSSR count). The zero-order valence-corrected chi connectivity index (χ0v) is 20.5. The average molecular weight is 500 g/mol. The van der Waals surface area contributed by atoms with Crippen molar-refractivity contribution in [3.05, 3.63) is 132 Å². The molecule has 0 aliphatic rings. The van der Waals surface area contributed by atoms with Crippen molar-refractivity contribution >= 4 is 23.0 Å². The van der Waals surface area contributed by atoms with Crippen molar-refractivity contribution in [3.63, 3.8) is 0 Å². The van der Waals surface area contributed by atoms with Crippen molar-refractivity contribution in [2.24, 2.45) is 0 Å². The van der Waals surface area contributed by atoms with Crippen LogP contribution in [0.2, 0.25) is 0 Å². The minimum atomic E-state index is -0.578. The number of benzene rings is 3. The van der Waals surface area contributed by atoms with E-state index in [0.29, 0.717) is 34.9 Å².